The highest BCUT2D eigenvalue weighted by Gasteiger charge is 2.22. The van der Waals surface area contributed by atoms with Gasteiger partial charge in [0.05, 0.1) is 11.5 Å². The maximum atomic E-state index is 12.3. The quantitative estimate of drug-likeness (QED) is 0.800. The van der Waals surface area contributed by atoms with Crippen LogP contribution in [0.4, 0.5) is 0 Å². The summed E-state index contributed by atoms with van der Waals surface area (Å²) in [5, 5.41) is 11.8. The molecule has 1 amide bonds. The minimum atomic E-state index is -0.451. The van der Waals surface area contributed by atoms with Gasteiger partial charge in [-0.25, -0.2) is 0 Å². The van der Waals surface area contributed by atoms with E-state index in [0.717, 1.165) is 4.88 Å². The summed E-state index contributed by atoms with van der Waals surface area (Å²) < 4.78 is 7.19. The monoisotopic (exact) mass is 326 g/mol. The molecule has 0 saturated carbocycles. The van der Waals surface area contributed by atoms with Crippen LogP contribution in [0.2, 0.25) is 0 Å². The first-order chi connectivity index (χ1) is 10.0. The van der Waals surface area contributed by atoms with Crippen LogP contribution in [-0.4, -0.2) is 40.4 Å². The lowest BCUT2D eigenvalue weighted by atomic mass is 10.2. The number of nitrogens with zero attached hydrogens (tertiary/aromatic N) is 2. The first-order valence-corrected chi connectivity index (χ1v) is 7.83. The Morgan fingerprint density at radius 1 is 1.62 bits per heavy atom. The highest BCUT2D eigenvalue weighted by Crippen LogP contribution is 2.25. The van der Waals surface area contributed by atoms with Crippen molar-refractivity contribution >= 4 is 29.5 Å². The number of hydrogen-bond donors (Lipinski definition) is 2. The molecular weight excluding hydrogens is 308 g/mol. The molecule has 21 heavy (non-hydrogen) atoms. The van der Waals surface area contributed by atoms with E-state index in [2.05, 4.69) is 15.5 Å². The van der Waals surface area contributed by atoms with Gasteiger partial charge in [-0.05, 0) is 37.5 Å². The number of H-pyrrole nitrogens is 1. The molecule has 0 aromatic carbocycles. The molecule has 114 valence electrons. The second kappa shape index (κ2) is 6.97. The number of thiophene rings is 1. The number of aromatic nitrogens is 3. The number of amides is 1. The van der Waals surface area contributed by atoms with Gasteiger partial charge in [0.2, 0.25) is 5.91 Å². The van der Waals surface area contributed by atoms with Crippen LogP contribution < -0.4 is 5.32 Å². The zero-order valence-corrected chi connectivity index (χ0v) is 13.8. The molecule has 6 nitrogen and oxygen atoms in total. The molecular formula is C13H18N4O2S2. The summed E-state index contributed by atoms with van der Waals surface area (Å²) in [5.74, 6) is 0.562. The second-order valence-electron chi connectivity index (χ2n) is 4.74. The molecule has 2 N–H and O–H groups in total. The Labute approximate surface area is 132 Å². The first kappa shape index (κ1) is 15.9. The van der Waals surface area contributed by atoms with Crippen molar-refractivity contribution in [2.24, 2.45) is 0 Å². The van der Waals surface area contributed by atoms with Gasteiger partial charge in [-0.2, -0.15) is 5.10 Å². The summed E-state index contributed by atoms with van der Waals surface area (Å²) in [4.78, 5) is 13.3. The average Bonchev–Trinajstić information content (AvgIpc) is 3.06. The van der Waals surface area contributed by atoms with Crippen molar-refractivity contribution in [2.45, 2.75) is 25.9 Å². The van der Waals surface area contributed by atoms with Crippen LogP contribution in [0.5, 0.6) is 0 Å². The summed E-state index contributed by atoms with van der Waals surface area (Å²) in [7, 11) is 1.60. The molecule has 8 heteroatoms. The molecule has 0 aliphatic rings. The minimum absolute atomic E-state index is 0.0591. The number of aromatic amines is 1. The third-order valence-electron chi connectivity index (χ3n) is 3.02. The van der Waals surface area contributed by atoms with Crippen LogP contribution in [0.25, 0.3) is 10.7 Å². The van der Waals surface area contributed by atoms with E-state index in [1.54, 1.807) is 29.9 Å². The van der Waals surface area contributed by atoms with Crippen molar-refractivity contribution in [3.63, 3.8) is 0 Å². The van der Waals surface area contributed by atoms with E-state index in [0.29, 0.717) is 17.2 Å². The standard InChI is InChI=1S/C13H18N4O2S2/c1-8(7-19-3)14-12(18)9(2)17-11(15-16-13(17)20)10-5-4-6-21-10/h4-6,8-9H,7H2,1-3H3,(H,14,18)(H,16,20). The Morgan fingerprint density at radius 3 is 3.00 bits per heavy atom. The summed E-state index contributed by atoms with van der Waals surface area (Å²) in [6.45, 7) is 4.16. The van der Waals surface area contributed by atoms with E-state index in [1.807, 2.05) is 24.4 Å². The molecule has 0 radical (unpaired) electrons. The van der Waals surface area contributed by atoms with Crippen molar-refractivity contribution in [1.82, 2.24) is 20.1 Å². The molecule has 2 heterocycles. The molecule has 0 saturated heterocycles. The molecule has 0 aliphatic heterocycles. The predicted molar refractivity (Wildman–Crippen MR) is 84.9 cm³/mol. The van der Waals surface area contributed by atoms with Crippen molar-refractivity contribution in [1.29, 1.82) is 0 Å². The largest absolute Gasteiger partial charge is 0.383 e. The third kappa shape index (κ3) is 3.58. The Morgan fingerprint density at radius 2 is 2.38 bits per heavy atom. The van der Waals surface area contributed by atoms with Crippen molar-refractivity contribution in [3.8, 4) is 10.7 Å². The minimum Gasteiger partial charge on any atom is -0.383 e. The highest BCUT2D eigenvalue weighted by molar-refractivity contribution is 7.71. The SMILES string of the molecule is COCC(C)NC(=O)C(C)n1c(-c2cccs2)n[nH]c1=S. The Bertz CT molecular complexity index is 647. The zero-order valence-electron chi connectivity index (χ0n) is 12.1. The molecule has 2 rings (SSSR count). The number of methoxy groups -OCH3 is 1. The van der Waals surface area contributed by atoms with Gasteiger partial charge in [0.1, 0.15) is 6.04 Å². The van der Waals surface area contributed by atoms with Gasteiger partial charge in [0.25, 0.3) is 0 Å². The first-order valence-electron chi connectivity index (χ1n) is 6.54. The topological polar surface area (TPSA) is 71.9 Å². The number of ether oxygens (including phenoxy) is 1. The van der Waals surface area contributed by atoms with Gasteiger partial charge < -0.3 is 10.1 Å². The molecule has 2 atom stereocenters. The number of rotatable bonds is 6. The van der Waals surface area contributed by atoms with E-state index in [9.17, 15) is 4.79 Å². The molecule has 0 spiro atoms. The van der Waals surface area contributed by atoms with Crippen LogP contribution in [0.3, 0.4) is 0 Å². The van der Waals surface area contributed by atoms with E-state index in [-0.39, 0.29) is 11.9 Å². The fraction of sp³-hybridized carbons (Fsp3) is 0.462. The Balaban J connectivity index is 2.23. The van der Waals surface area contributed by atoms with Crippen LogP contribution >= 0.6 is 23.6 Å². The molecule has 0 fully saturated rings. The van der Waals surface area contributed by atoms with E-state index in [4.69, 9.17) is 17.0 Å². The summed E-state index contributed by atoms with van der Waals surface area (Å²) in [6.07, 6.45) is 0. The molecule has 2 unspecified atom stereocenters. The maximum absolute atomic E-state index is 12.3. The lowest BCUT2D eigenvalue weighted by molar-refractivity contribution is -0.124. The fourth-order valence-corrected chi connectivity index (χ4v) is 3.02. The van der Waals surface area contributed by atoms with Gasteiger partial charge in [0.15, 0.2) is 10.6 Å². The molecule has 2 aromatic heterocycles. The van der Waals surface area contributed by atoms with Crippen molar-refractivity contribution in [2.75, 3.05) is 13.7 Å². The van der Waals surface area contributed by atoms with E-state index in [1.165, 1.54) is 0 Å². The van der Waals surface area contributed by atoms with Crippen LogP contribution in [0.15, 0.2) is 17.5 Å². The number of hydrogen-bond acceptors (Lipinski definition) is 5. The van der Waals surface area contributed by atoms with Gasteiger partial charge in [-0.15, -0.1) is 11.3 Å². The lowest BCUT2D eigenvalue weighted by Gasteiger charge is -2.18. The summed E-state index contributed by atoms with van der Waals surface area (Å²) >= 11 is 6.81. The van der Waals surface area contributed by atoms with Gasteiger partial charge in [0, 0.05) is 13.2 Å². The highest BCUT2D eigenvalue weighted by atomic mass is 32.1. The summed E-state index contributed by atoms with van der Waals surface area (Å²) in [6, 6.07) is 3.38. The van der Waals surface area contributed by atoms with E-state index >= 15 is 0 Å². The third-order valence-corrected chi connectivity index (χ3v) is 4.17. The zero-order chi connectivity index (χ0) is 15.4. The normalized spacial score (nSPS) is 13.9. The molecule has 0 bridgehead atoms. The maximum Gasteiger partial charge on any atom is 0.243 e. The fourth-order valence-electron chi connectivity index (χ4n) is 2.02. The van der Waals surface area contributed by atoms with Gasteiger partial charge >= 0.3 is 0 Å². The Hall–Kier alpha value is -1.51. The number of nitrogens with one attached hydrogen (secondary N) is 2. The van der Waals surface area contributed by atoms with Crippen molar-refractivity contribution < 1.29 is 9.53 Å². The molecule has 2 aromatic rings. The number of carbonyl (C=O) groups excluding carboxylic acids is 1. The predicted octanol–water partition coefficient (Wildman–Crippen LogP) is 2.38. The van der Waals surface area contributed by atoms with E-state index < -0.39 is 6.04 Å². The van der Waals surface area contributed by atoms with Crippen molar-refractivity contribution in [3.05, 3.63) is 22.3 Å². The second-order valence-corrected chi connectivity index (χ2v) is 6.08. The molecule has 0 aliphatic carbocycles. The van der Waals surface area contributed by atoms with Gasteiger partial charge in [-0.1, -0.05) is 6.07 Å². The number of carbonyl (C=O) groups is 1. The smallest absolute Gasteiger partial charge is 0.243 e. The van der Waals surface area contributed by atoms with Gasteiger partial charge in [-0.3, -0.25) is 14.5 Å². The summed E-state index contributed by atoms with van der Waals surface area (Å²) in [5.41, 5.74) is 0. The van der Waals surface area contributed by atoms with Crippen LogP contribution in [-0.2, 0) is 9.53 Å². The van der Waals surface area contributed by atoms with Crippen LogP contribution in [0, 0.1) is 4.77 Å². The van der Waals surface area contributed by atoms with Crippen LogP contribution in [0.1, 0.15) is 19.9 Å². The Kier molecular flexibility index (Phi) is 5.27. The average molecular weight is 326 g/mol. The lowest BCUT2D eigenvalue weighted by Crippen LogP contribution is -2.39.